The number of ether oxygens (including phenoxy) is 1. The number of fused-ring (bicyclic) bond motifs is 1. The van der Waals surface area contributed by atoms with Crippen LogP contribution in [0.3, 0.4) is 0 Å². The standard InChI is InChI=1S/C20H24N2O2S/c23-19(21-12-11-14-6-5-13-24-14)15-7-1-2-8-16(15)20-22-17-9-3-4-10-18(17)25-20/h1-4,9-10,14-16H,5-8,11-13H2,(H,21,23). The van der Waals surface area contributed by atoms with Crippen LogP contribution in [0.15, 0.2) is 36.4 Å². The first-order valence-corrected chi connectivity index (χ1v) is 10.0. The van der Waals surface area contributed by atoms with E-state index in [4.69, 9.17) is 9.72 Å². The van der Waals surface area contributed by atoms with Crippen LogP contribution >= 0.6 is 11.3 Å². The van der Waals surface area contributed by atoms with E-state index in [9.17, 15) is 4.79 Å². The van der Waals surface area contributed by atoms with Gasteiger partial charge in [-0.1, -0.05) is 24.3 Å². The molecular formula is C20H24N2O2S. The molecule has 2 aromatic rings. The summed E-state index contributed by atoms with van der Waals surface area (Å²) in [5.74, 6) is 0.326. The van der Waals surface area contributed by atoms with Crippen molar-refractivity contribution in [1.82, 2.24) is 10.3 Å². The Kier molecular flexibility index (Phi) is 5.13. The summed E-state index contributed by atoms with van der Waals surface area (Å²) in [5.41, 5.74) is 1.04. The second-order valence-corrected chi connectivity index (χ2v) is 7.95. The van der Waals surface area contributed by atoms with Gasteiger partial charge in [-0.2, -0.15) is 0 Å². The lowest BCUT2D eigenvalue weighted by Crippen LogP contribution is -2.36. The van der Waals surface area contributed by atoms with E-state index in [0.29, 0.717) is 12.6 Å². The number of nitrogens with one attached hydrogen (secondary N) is 1. The van der Waals surface area contributed by atoms with Gasteiger partial charge < -0.3 is 10.1 Å². The third kappa shape index (κ3) is 3.77. The van der Waals surface area contributed by atoms with E-state index in [2.05, 4.69) is 23.5 Å². The molecule has 2 heterocycles. The number of allylic oxidation sites excluding steroid dienone is 2. The molecule has 5 heteroatoms. The zero-order valence-electron chi connectivity index (χ0n) is 14.3. The predicted molar refractivity (Wildman–Crippen MR) is 101 cm³/mol. The number of nitrogens with zero attached hydrogens (tertiary/aromatic N) is 1. The Morgan fingerprint density at radius 1 is 1.28 bits per heavy atom. The Morgan fingerprint density at radius 3 is 3.00 bits per heavy atom. The van der Waals surface area contributed by atoms with Gasteiger partial charge in [-0.15, -0.1) is 11.3 Å². The van der Waals surface area contributed by atoms with E-state index in [-0.39, 0.29) is 17.7 Å². The molecular weight excluding hydrogens is 332 g/mol. The topological polar surface area (TPSA) is 51.2 Å². The quantitative estimate of drug-likeness (QED) is 0.823. The van der Waals surface area contributed by atoms with Crippen molar-refractivity contribution in [1.29, 1.82) is 0 Å². The van der Waals surface area contributed by atoms with E-state index in [1.54, 1.807) is 11.3 Å². The number of hydrogen-bond donors (Lipinski definition) is 1. The van der Waals surface area contributed by atoms with Crippen LogP contribution in [0.2, 0.25) is 0 Å². The minimum atomic E-state index is -0.0185. The predicted octanol–water partition coefficient (Wildman–Crippen LogP) is 4.03. The van der Waals surface area contributed by atoms with Gasteiger partial charge in [0.2, 0.25) is 5.91 Å². The van der Waals surface area contributed by atoms with Gasteiger partial charge in [0.1, 0.15) is 0 Å². The molecule has 0 radical (unpaired) electrons. The summed E-state index contributed by atoms with van der Waals surface area (Å²) in [6.45, 7) is 1.57. The lowest BCUT2D eigenvalue weighted by atomic mass is 9.82. The number of thiazole rings is 1. The van der Waals surface area contributed by atoms with Gasteiger partial charge in [-0.3, -0.25) is 4.79 Å². The highest BCUT2D eigenvalue weighted by molar-refractivity contribution is 7.18. The van der Waals surface area contributed by atoms with Gasteiger partial charge in [-0.05, 0) is 44.2 Å². The normalized spacial score (nSPS) is 26.2. The number of carbonyl (C=O) groups excluding carboxylic acids is 1. The lowest BCUT2D eigenvalue weighted by molar-refractivity contribution is -0.125. The summed E-state index contributed by atoms with van der Waals surface area (Å²) in [5, 5.41) is 4.22. The van der Waals surface area contributed by atoms with Gasteiger partial charge in [0, 0.05) is 19.1 Å². The summed E-state index contributed by atoms with van der Waals surface area (Å²) in [6.07, 6.45) is 9.52. The molecule has 3 unspecified atom stereocenters. The summed E-state index contributed by atoms with van der Waals surface area (Å²) in [4.78, 5) is 17.6. The van der Waals surface area contributed by atoms with Gasteiger partial charge in [0.15, 0.2) is 0 Å². The van der Waals surface area contributed by atoms with Crippen LogP contribution < -0.4 is 5.32 Å². The number of aromatic nitrogens is 1. The molecule has 4 nitrogen and oxygen atoms in total. The first kappa shape index (κ1) is 16.7. The summed E-state index contributed by atoms with van der Waals surface area (Å²) >= 11 is 1.72. The molecule has 1 aliphatic carbocycles. The van der Waals surface area contributed by atoms with Crippen molar-refractivity contribution in [2.75, 3.05) is 13.2 Å². The highest BCUT2D eigenvalue weighted by Crippen LogP contribution is 2.38. The van der Waals surface area contributed by atoms with E-state index >= 15 is 0 Å². The van der Waals surface area contributed by atoms with Crippen molar-refractivity contribution in [3.05, 3.63) is 41.4 Å². The van der Waals surface area contributed by atoms with Crippen LogP contribution in [-0.4, -0.2) is 30.1 Å². The van der Waals surface area contributed by atoms with Crippen molar-refractivity contribution >= 4 is 27.5 Å². The molecule has 1 aromatic carbocycles. The molecule has 0 saturated carbocycles. The number of para-hydroxylation sites is 1. The van der Waals surface area contributed by atoms with Gasteiger partial charge in [0.25, 0.3) is 0 Å². The maximum Gasteiger partial charge on any atom is 0.224 e. The Hall–Kier alpha value is -1.72. The van der Waals surface area contributed by atoms with Crippen molar-refractivity contribution in [3.8, 4) is 0 Å². The van der Waals surface area contributed by atoms with Crippen molar-refractivity contribution in [2.45, 2.75) is 44.1 Å². The largest absolute Gasteiger partial charge is 0.378 e. The number of benzene rings is 1. The minimum Gasteiger partial charge on any atom is -0.378 e. The summed E-state index contributed by atoms with van der Waals surface area (Å²) in [6, 6.07) is 8.21. The summed E-state index contributed by atoms with van der Waals surface area (Å²) in [7, 11) is 0. The molecule has 0 bridgehead atoms. The van der Waals surface area contributed by atoms with Gasteiger partial charge >= 0.3 is 0 Å². The lowest BCUT2D eigenvalue weighted by Gasteiger charge is -2.26. The van der Waals surface area contributed by atoms with Crippen molar-refractivity contribution in [3.63, 3.8) is 0 Å². The van der Waals surface area contributed by atoms with Crippen LogP contribution in [0.1, 0.15) is 43.0 Å². The monoisotopic (exact) mass is 356 g/mol. The van der Waals surface area contributed by atoms with Gasteiger partial charge in [0.05, 0.1) is 27.2 Å². The third-order valence-corrected chi connectivity index (χ3v) is 6.35. The molecule has 1 N–H and O–H groups in total. The fraction of sp³-hybridized carbons (Fsp3) is 0.500. The fourth-order valence-corrected chi connectivity index (χ4v) is 4.93. The summed E-state index contributed by atoms with van der Waals surface area (Å²) < 4.78 is 6.83. The van der Waals surface area contributed by atoms with Crippen LogP contribution in [0, 0.1) is 5.92 Å². The zero-order chi connectivity index (χ0) is 17.1. The first-order chi connectivity index (χ1) is 12.3. The third-order valence-electron chi connectivity index (χ3n) is 5.19. The van der Waals surface area contributed by atoms with E-state index < -0.39 is 0 Å². The molecule has 1 fully saturated rings. The molecule has 0 spiro atoms. The second kappa shape index (κ2) is 7.67. The molecule has 1 amide bonds. The molecule has 1 aromatic heterocycles. The zero-order valence-corrected chi connectivity index (χ0v) is 15.1. The first-order valence-electron chi connectivity index (χ1n) is 9.21. The number of hydrogen-bond acceptors (Lipinski definition) is 4. The molecule has 2 aliphatic rings. The number of rotatable bonds is 5. The number of carbonyl (C=O) groups is 1. The Morgan fingerprint density at radius 2 is 2.16 bits per heavy atom. The molecule has 25 heavy (non-hydrogen) atoms. The van der Waals surface area contributed by atoms with Crippen LogP contribution in [0.4, 0.5) is 0 Å². The van der Waals surface area contributed by atoms with Crippen molar-refractivity contribution < 1.29 is 9.53 Å². The van der Waals surface area contributed by atoms with E-state index in [1.165, 1.54) is 4.70 Å². The highest BCUT2D eigenvalue weighted by atomic mass is 32.1. The Bertz CT molecular complexity index is 731. The van der Waals surface area contributed by atoms with E-state index in [1.807, 2.05) is 18.2 Å². The molecule has 1 saturated heterocycles. The van der Waals surface area contributed by atoms with Gasteiger partial charge in [-0.25, -0.2) is 4.98 Å². The van der Waals surface area contributed by atoms with E-state index in [0.717, 1.165) is 49.2 Å². The Balaban J connectivity index is 1.43. The molecule has 1 aliphatic heterocycles. The Labute approximate surface area is 152 Å². The molecule has 132 valence electrons. The fourth-order valence-electron chi connectivity index (χ4n) is 3.78. The van der Waals surface area contributed by atoms with Crippen LogP contribution in [0.25, 0.3) is 10.2 Å². The average Bonchev–Trinajstić information content (AvgIpc) is 3.31. The SMILES string of the molecule is O=C(NCCC1CCCO1)C1CC=CCC1c1nc2ccccc2s1. The minimum absolute atomic E-state index is 0.0185. The number of amides is 1. The highest BCUT2D eigenvalue weighted by Gasteiger charge is 2.32. The smallest absolute Gasteiger partial charge is 0.224 e. The van der Waals surface area contributed by atoms with Crippen LogP contribution in [0.5, 0.6) is 0 Å². The maximum atomic E-state index is 12.8. The maximum absolute atomic E-state index is 12.8. The molecule has 4 rings (SSSR count). The second-order valence-electron chi connectivity index (χ2n) is 6.89. The molecule has 3 atom stereocenters. The van der Waals surface area contributed by atoms with Crippen LogP contribution in [-0.2, 0) is 9.53 Å². The average molecular weight is 356 g/mol. The van der Waals surface area contributed by atoms with Crippen molar-refractivity contribution in [2.24, 2.45) is 5.92 Å².